The van der Waals surface area contributed by atoms with Crippen molar-refractivity contribution in [1.82, 2.24) is 25.3 Å². The molecule has 24 heavy (non-hydrogen) atoms. The first-order chi connectivity index (χ1) is 11.6. The van der Waals surface area contributed by atoms with Crippen LogP contribution in [-0.4, -0.2) is 72.1 Å². The van der Waals surface area contributed by atoms with Crippen molar-refractivity contribution in [2.24, 2.45) is 13.0 Å². The smallest absolute Gasteiger partial charge is 0.225 e. The van der Waals surface area contributed by atoms with E-state index in [1.807, 2.05) is 19.4 Å². The zero-order valence-electron chi connectivity index (χ0n) is 14.9. The SMILES string of the molecule is CC(NC(=O)[C@H]1CNC[C@@H]1c1cnn(C)c1)C(C)N1CCOCC1. The summed E-state index contributed by atoms with van der Waals surface area (Å²) >= 11 is 0. The van der Waals surface area contributed by atoms with Gasteiger partial charge in [0.05, 0.1) is 25.3 Å². The second kappa shape index (κ2) is 7.63. The molecule has 0 bridgehead atoms. The maximum Gasteiger partial charge on any atom is 0.225 e. The highest BCUT2D eigenvalue weighted by atomic mass is 16.5. The lowest BCUT2D eigenvalue weighted by atomic mass is 9.90. The molecule has 2 unspecified atom stereocenters. The predicted octanol–water partition coefficient (Wildman–Crippen LogP) is -0.0515. The Labute approximate surface area is 143 Å². The molecule has 2 saturated heterocycles. The number of nitrogens with one attached hydrogen (secondary N) is 2. The largest absolute Gasteiger partial charge is 0.379 e. The van der Waals surface area contributed by atoms with Gasteiger partial charge in [0.15, 0.2) is 0 Å². The van der Waals surface area contributed by atoms with Crippen LogP contribution in [0.15, 0.2) is 12.4 Å². The molecule has 2 aliphatic rings. The standard InChI is InChI=1S/C17H29N5O2/c1-12(13(2)22-4-6-24-7-5-22)20-17(23)16-10-18-9-15(16)14-8-19-21(3)11-14/h8,11-13,15-16,18H,4-7,9-10H2,1-3H3,(H,20,23)/t12?,13?,15-,16+/m1/s1. The molecule has 0 radical (unpaired) electrons. The number of nitrogens with zero attached hydrogens (tertiary/aromatic N) is 3. The first-order valence-electron chi connectivity index (χ1n) is 8.87. The van der Waals surface area contributed by atoms with Crippen LogP contribution in [0.1, 0.15) is 25.3 Å². The van der Waals surface area contributed by atoms with Gasteiger partial charge in [-0.2, -0.15) is 5.10 Å². The van der Waals surface area contributed by atoms with Crippen LogP contribution in [0.25, 0.3) is 0 Å². The molecule has 3 rings (SSSR count). The average molecular weight is 335 g/mol. The number of hydrogen-bond acceptors (Lipinski definition) is 5. The molecule has 0 aliphatic carbocycles. The van der Waals surface area contributed by atoms with Gasteiger partial charge < -0.3 is 15.4 Å². The van der Waals surface area contributed by atoms with E-state index in [1.54, 1.807) is 4.68 Å². The van der Waals surface area contributed by atoms with Crippen LogP contribution in [0.2, 0.25) is 0 Å². The van der Waals surface area contributed by atoms with Crippen LogP contribution in [-0.2, 0) is 16.6 Å². The normalized spacial score (nSPS) is 27.8. The van der Waals surface area contributed by atoms with Crippen molar-refractivity contribution in [3.05, 3.63) is 18.0 Å². The van der Waals surface area contributed by atoms with Gasteiger partial charge in [-0.3, -0.25) is 14.4 Å². The van der Waals surface area contributed by atoms with E-state index in [4.69, 9.17) is 4.74 Å². The maximum atomic E-state index is 12.8. The molecule has 7 nitrogen and oxygen atoms in total. The number of amides is 1. The minimum Gasteiger partial charge on any atom is -0.379 e. The van der Waals surface area contributed by atoms with Crippen LogP contribution < -0.4 is 10.6 Å². The fraction of sp³-hybridized carbons (Fsp3) is 0.765. The molecular formula is C17H29N5O2. The van der Waals surface area contributed by atoms with Crippen molar-refractivity contribution in [1.29, 1.82) is 0 Å². The van der Waals surface area contributed by atoms with Crippen molar-refractivity contribution < 1.29 is 9.53 Å². The molecule has 1 aromatic heterocycles. The van der Waals surface area contributed by atoms with E-state index in [0.717, 1.165) is 45.0 Å². The summed E-state index contributed by atoms with van der Waals surface area (Å²) < 4.78 is 7.21. The van der Waals surface area contributed by atoms with Crippen LogP contribution in [0.4, 0.5) is 0 Å². The zero-order chi connectivity index (χ0) is 17.1. The van der Waals surface area contributed by atoms with Gasteiger partial charge in [0.25, 0.3) is 0 Å². The van der Waals surface area contributed by atoms with Gasteiger partial charge in [-0.05, 0) is 19.4 Å². The van der Waals surface area contributed by atoms with E-state index in [0.29, 0.717) is 6.04 Å². The van der Waals surface area contributed by atoms with E-state index in [2.05, 4.69) is 34.5 Å². The van der Waals surface area contributed by atoms with Crippen molar-refractivity contribution in [2.45, 2.75) is 31.8 Å². The maximum absolute atomic E-state index is 12.8. The number of morpholine rings is 1. The van der Waals surface area contributed by atoms with E-state index >= 15 is 0 Å². The third kappa shape index (κ3) is 3.79. The lowest BCUT2D eigenvalue weighted by molar-refractivity contribution is -0.126. The molecule has 2 aliphatic heterocycles. The average Bonchev–Trinajstić information content (AvgIpc) is 3.23. The van der Waals surface area contributed by atoms with Gasteiger partial charge in [0.1, 0.15) is 0 Å². The lowest BCUT2D eigenvalue weighted by Gasteiger charge is -2.36. The van der Waals surface area contributed by atoms with Gasteiger partial charge in [0.2, 0.25) is 5.91 Å². The summed E-state index contributed by atoms with van der Waals surface area (Å²) in [5.41, 5.74) is 1.14. The first-order valence-corrected chi connectivity index (χ1v) is 8.87. The topological polar surface area (TPSA) is 71.4 Å². The summed E-state index contributed by atoms with van der Waals surface area (Å²) in [4.78, 5) is 15.2. The van der Waals surface area contributed by atoms with Gasteiger partial charge in [0, 0.05) is 57.4 Å². The van der Waals surface area contributed by atoms with Crippen molar-refractivity contribution in [3.63, 3.8) is 0 Å². The van der Waals surface area contributed by atoms with E-state index in [9.17, 15) is 4.79 Å². The highest BCUT2D eigenvalue weighted by Gasteiger charge is 2.36. The molecule has 4 atom stereocenters. The van der Waals surface area contributed by atoms with Crippen LogP contribution in [0.5, 0.6) is 0 Å². The van der Waals surface area contributed by atoms with Crippen molar-refractivity contribution >= 4 is 5.91 Å². The first kappa shape index (κ1) is 17.4. The molecular weight excluding hydrogens is 306 g/mol. The van der Waals surface area contributed by atoms with Crippen LogP contribution in [0.3, 0.4) is 0 Å². The minimum atomic E-state index is -0.0338. The summed E-state index contributed by atoms with van der Waals surface area (Å²) in [6.45, 7) is 9.26. The van der Waals surface area contributed by atoms with E-state index in [-0.39, 0.29) is 23.8 Å². The van der Waals surface area contributed by atoms with Crippen LogP contribution >= 0.6 is 0 Å². The summed E-state index contributed by atoms with van der Waals surface area (Å²) in [5.74, 6) is 0.305. The summed E-state index contributed by atoms with van der Waals surface area (Å²) in [7, 11) is 1.91. The monoisotopic (exact) mass is 335 g/mol. The van der Waals surface area contributed by atoms with Crippen molar-refractivity contribution in [2.75, 3.05) is 39.4 Å². The molecule has 0 spiro atoms. The van der Waals surface area contributed by atoms with Gasteiger partial charge >= 0.3 is 0 Å². The fourth-order valence-corrected chi connectivity index (χ4v) is 3.69. The molecule has 2 N–H and O–H groups in total. The van der Waals surface area contributed by atoms with E-state index < -0.39 is 0 Å². The lowest BCUT2D eigenvalue weighted by Crippen LogP contribution is -2.53. The van der Waals surface area contributed by atoms with Crippen LogP contribution in [0, 0.1) is 5.92 Å². The van der Waals surface area contributed by atoms with Gasteiger partial charge in [-0.1, -0.05) is 0 Å². The predicted molar refractivity (Wildman–Crippen MR) is 91.8 cm³/mol. The Balaban J connectivity index is 1.58. The third-order valence-corrected chi connectivity index (χ3v) is 5.42. The molecule has 3 heterocycles. The zero-order valence-corrected chi connectivity index (χ0v) is 14.9. The molecule has 134 valence electrons. The summed E-state index contributed by atoms with van der Waals surface area (Å²) in [6.07, 6.45) is 3.88. The summed E-state index contributed by atoms with van der Waals surface area (Å²) in [5, 5.41) is 10.8. The Morgan fingerprint density at radius 2 is 2.12 bits per heavy atom. The second-order valence-corrected chi connectivity index (χ2v) is 7.00. The molecule has 0 aromatic carbocycles. The summed E-state index contributed by atoms with van der Waals surface area (Å²) in [6, 6.07) is 0.426. The Morgan fingerprint density at radius 3 is 2.79 bits per heavy atom. The Bertz CT molecular complexity index is 555. The molecule has 1 aromatic rings. The highest BCUT2D eigenvalue weighted by molar-refractivity contribution is 5.80. The molecule has 1 amide bonds. The number of hydrogen-bond donors (Lipinski definition) is 2. The number of carbonyl (C=O) groups is 1. The third-order valence-electron chi connectivity index (χ3n) is 5.42. The number of aryl methyl sites for hydroxylation is 1. The Hall–Kier alpha value is -1.44. The van der Waals surface area contributed by atoms with E-state index in [1.165, 1.54) is 0 Å². The molecule has 0 saturated carbocycles. The molecule has 7 heteroatoms. The van der Waals surface area contributed by atoms with Gasteiger partial charge in [-0.25, -0.2) is 0 Å². The highest BCUT2D eigenvalue weighted by Crippen LogP contribution is 2.28. The number of aromatic nitrogens is 2. The second-order valence-electron chi connectivity index (χ2n) is 7.00. The minimum absolute atomic E-state index is 0.0338. The van der Waals surface area contributed by atoms with Crippen molar-refractivity contribution in [3.8, 4) is 0 Å². The number of carbonyl (C=O) groups excluding carboxylic acids is 1. The Kier molecular flexibility index (Phi) is 5.53. The molecule has 2 fully saturated rings. The van der Waals surface area contributed by atoms with Gasteiger partial charge in [-0.15, -0.1) is 0 Å². The quantitative estimate of drug-likeness (QED) is 0.789. The fourth-order valence-electron chi connectivity index (χ4n) is 3.69. The Morgan fingerprint density at radius 1 is 1.38 bits per heavy atom. The number of ether oxygens (including phenoxy) is 1. The number of rotatable bonds is 5.